The summed E-state index contributed by atoms with van der Waals surface area (Å²) in [4.78, 5) is 18.7. The zero-order valence-electron chi connectivity index (χ0n) is 15.2. The van der Waals surface area contributed by atoms with E-state index in [1.165, 1.54) is 16.7 Å². The number of hydrogen-bond donors (Lipinski definition) is 1. The van der Waals surface area contributed by atoms with E-state index in [1.807, 2.05) is 26.2 Å². The maximum absolute atomic E-state index is 11.9. The molecule has 4 rings (SSSR count). The molecule has 1 N–H and O–H groups in total. The van der Waals surface area contributed by atoms with Gasteiger partial charge in [0.25, 0.3) is 0 Å². The summed E-state index contributed by atoms with van der Waals surface area (Å²) in [6, 6.07) is 0. The van der Waals surface area contributed by atoms with Crippen LogP contribution in [0.1, 0.15) is 46.5 Å². The van der Waals surface area contributed by atoms with E-state index in [2.05, 4.69) is 20.4 Å². The van der Waals surface area contributed by atoms with E-state index in [1.54, 1.807) is 0 Å². The average molecular weight is 377 g/mol. The van der Waals surface area contributed by atoms with Crippen LogP contribution in [-0.4, -0.2) is 27.5 Å². The molecule has 2 aromatic heterocycles. The summed E-state index contributed by atoms with van der Waals surface area (Å²) >= 11 is 0. The van der Waals surface area contributed by atoms with Crippen LogP contribution in [0, 0.1) is 19.8 Å². The minimum absolute atomic E-state index is 0. The number of aromatic nitrogens is 2. The van der Waals surface area contributed by atoms with Crippen molar-refractivity contribution in [2.75, 3.05) is 6.54 Å². The van der Waals surface area contributed by atoms with Crippen LogP contribution in [0.5, 0.6) is 0 Å². The van der Waals surface area contributed by atoms with Gasteiger partial charge >= 0.3 is 0 Å². The second-order valence-electron chi connectivity index (χ2n) is 7.19. The van der Waals surface area contributed by atoms with Gasteiger partial charge in [-0.25, -0.2) is 0 Å². The predicted octanol–water partition coefficient (Wildman–Crippen LogP) is 2.69. The molecule has 2 aliphatic rings. The van der Waals surface area contributed by atoms with Gasteiger partial charge in [-0.1, -0.05) is 5.16 Å². The van der Waals surface area contributed by atoms with Crippen molar-refractivity contribution < 1.29 is 9.32 Å². The number of carbonyl (C=O) groups excluding carboxylic acids is 1. The normalized spacial score (nSPS) is 16.7. The highest BCUT2D eigenvalue weighted by molar-refractivity contribution is 5.85. The van der Waals surface area contributed by atoms with Crippen molar-refractivity contribution in [2.45, 2.75) is 52.7 Å². The Labute approximate surface area is 159 Å². The number of hydrogen-bond acceptors (Lipinski definition) is 5. The van der Waals surface area contributed by atoms with Crippen LogP contribution in [0.4, 0.5) is 0 Å². The smallest absolute Gasteiger partial charge is 0.223 e. The Kier molecular flexibility index (Phi) is 5.63. The van der Waals surface area contributed by atoms with E-state index >= 15 is 0 Å². The molecule has 2 aromatic rings. The third kappa shape index (κ3) is 3.91. The molecule has 0 radical (unpaired) electrons. The largest absolute Gasteiger partial charge is 0.361 e. The SMILES string of the molecule is Cc1noc(C)c1CN1CCc2c(CNC(=O)C3CC3)cncc2C1.Cl. The van der Waals surface area contributed by atoms with Crippen molar-refractivity contribution in [1.29, 1.82) is 0 Å². The number of fused-ring (bicyclic) bond motifs is 1. The van der Waals surface area contributed by atoms with Crippen LogP contribution in [0.15, 0.2) is 16.9 Å². The molecular formula is C19H25ClN4O2. The Morgan fingerprint density at radius 1 is 1.35 bits per heavy atom. The second kappa shape index (κ2) is 7.76. The fraction of sp³-hybridized carbons (Fsp3) is 0.526. The molecule has 26 heavy (non-hydrogen) atoms. The zero-order chi connectivity index (χ0) is 17.4. The van der Waals surface area contributed by atoms with Crippen LogP contribution in [-0.2, 0) is 30.8 Å². The van der Waals surface area contributed by atoms with Gasteiger partial charge < -0.3 is 9.84 Å². The van der Waals surface area contributed by atoms with E-state index in [9.17, 15) is 4.79 Å². The van der Waals surface area contributed by atoms with Gasteiger partial charge in [0.05, 0.1) is 5.69 Å². The predicted molar refractivity (Wildman–Crippen MR) is 99.9 cm³/mol. The van der Waals surface area contributed by atoms with Crippen molar-refractivity contribution in [3.05, 3.63) is 46.1 Å². The summed E-state index contributed by atoms with van der Waals surface area (Å²) in [6.07, 6.45) is 6.91. The minimum Gasteiger partial charge on any atom is -0.361 e. The van der Waals surface area contributed by atoms with Crippen LogP contribution in [0.3, 0.4) is 0 Å². The molecule has 0 spiro atoms. The maximum Gasteiger partial charge on any atom is 0.223 e. The van der Waals surface area contributed by atoms with Gasteiger partial charge in [-0.2, -0.15) is 0 Å². The molecule has 0 saturated heterocycles. The first-order chi connectivity index (χ1) is 12.1. The van der Waals surface area contributed by atoms with Crippen LogP contribution in [0.2, 0.25) is 0 Å². The van der Waals surface area contributed by atoms with Gasteiger partial charge in [0, 0.05) is 50.1 Å². The fourth-order valence-electron chi connectivity index (χ4n) is 3.54. The highest BCUT2D eigenvalue weighted by atomic mass is 35.5. The standard InChI is InChI=1S/C19H24N4O2.ClH/c1-12-18(13(2)25-22-12)11-23-6-5-17-15(7-20-8-16(17)10-23)9-21-19(24)14-3-4-14;/h7-8,14H,3-6,9-11H2,1-2H3,(H,21,24);1H. The topological polar surface area (TPSA) is 71.3 Å². The minimum atomic E-state index is 0. The number of nitrogens with one attached hydrogen (secondary N) is 1. The third-order valence-electron chi connectivity index (χ3n) is 5.27. The Bertz CT molecular complexity index is 781. The van der Waals surface area contributed by atoms with Gasteiger partial charge in [-0.3, -0.25) is 14.7 Å². The lowest BCUT2D eigenvalue weighted by Gasteiger charge is -2.29. The van der Waals surface area contributed by atoms with E-state index in [0.29, 0.717) is 6.54 Å². The van der Waals surface area contributed by atoms with E-state index < -0.39 is 0 Å². The van der Waals surface area contributed by atoms with Crippen LogP contribution < -0.4 is 5.32 Å². The van der Waals surface area contributed by atoms with Crippen molar-refractivity contribution in [2.24, 2.45) is 5.92 Å². The third-order valence-corrected chi connectivity index (χ3v) is 5.27. The molecular weight excluding hydrogens is 352 g/mol. The van der Waals surface area contributed by atoms with Gasteiger partial charge in [0.1, 0.15) is 5.76 Å². The number of pyridine rings is 1. The van der Waals surface area contributed by atoms with Gasteiger partial charge in [0.2, 0.25) is 5.91 Å². The zero-order valence-corrected chi connectivity index (χ0v) is 16.1. The summed E-state index contributed by atoms with van der Waals surface area (Å²) in [5, 5.41) is 7.11. The lowest BCUT2D eigenvalue weighted by atomic mass is 9.96. The first-order valence-electron chi connectivity index (χ1n) is 8.98. The molecule has 140 valence electrons. The van der Waals surface area contributed by atoms with Gasteiger partial charge in [0.15, 0.2) is 0 Å². The molecule has 0 bridgehead atoms. The molecule has 0 unspecified atom stereocenters. The first kappa shape index (κ1) is 18.9. The molecule has 1 aliphatic heterocycles. The molecule has 0 aromatic carbocycles. The monoisotopic (exact) mass is 376 g/mol. The van der Waals surface area contributed by atoms with Gasteiger partial charge in [-0.15, -0.1) is 12.4 Å². The molecule has 1 fully saturated rings. The summed E-state index contributed by atoms with van der Waals surface area (Å²) in [6.45, 7) is 7.27. The molecule has 6 nitrogen and oxygen atoms in total. The molecule has 3 heterocycles. The molecule has 7 heteroatoms. The summed E-state index contributed by atoms with van der Waals surface area (Å²) < 4.78 is 5.27. The van der Waals surface area contributed by atoms with Crippen molar-refractivity contribution >= 4 is 18.3 Å². The van der Waals surface area contributed by atoms with Gasteiger partial charge in [-0.05, 0) is 49.8 Å². The Balaban J connectivity index is 0.00000196. The van der Waals surface area contributed by atoms with E-state index in [4.69, 9.17) is 4.52 Å². The summed E-state index contributed by atoms with van der Waals surface area (Å²) in [5.41, 5.74) is 5.92. The average Bonchev–Trinajstić information content (AvgIpc) is 3.42. The molecule has 0 atom stereocenters. The number of halogens is 1. The summed E-state index contributed by atoms with van der Waals surface area (Å²) in [5.74, 6) is 1.34. The number of nitrogens with zero attached hydrogens (tertiary/aromatic N) is 3. The Morgan fingerprint density at radius 3 is 2.85 bits per heavy atom. The quantitative estimate of drug-likeness (QED) is 0.868. The lowest BCUT2D eigenvalue weighted by Crippen LogP contribution is -2.32. The van der Waals surface area contributed by atoms with Crippen LogP contribution >= 0.6 is 12.4 Å². The van der Waals surface area contributed by atoms with Crippen molar-refractivity contribution in [1.82, 2.24) is 20.4 Å². The molecule has 1 aliphatic carbocycles. The van der Waals surface area contributed by atoms with Crippen molar-refractivity contribution in [3.8, 4) is 0 Å². The lowest BCUT2D eigenvalue weighted by molar-refractivity contribution is -0.122. The Hall–Kier alpha value is -1.92. The number of aryl methyl sites for hydroxylation is 2. The number of carbonyl (C=O) groups is 1. The second-order valence-corrected chi connectivity index (χ2v) is 7.19. The molecule has 1 saturated carbocycles. The number of rotatable bonds is 5. The van der Waals surface area contributed by atoms with Crippen LogP contribution in [0.25, 0.3) is 0 Å². The Morgan fingerprint density at radius 2 is 2.15 bits per heavy atom. The summed E-state index contributed by atoms with van der Waals surface area (Å²) in [7, 11) is 0. The maximum atomic E-state index is 11.9. The number of amides is 1. The highest BCUT2D eigenvalue weighted by Crippen LogP contribution is 2.29. The fourth-order valence-corrected chi connectivity index (χ4v) is 3.54. The molecule has 1 amide bonds. The highest BCUT2D eigenvalue weighted by Gasteiger charge is 2.29. The van der Waals surface area contributed by atoms with Crippen molar-refractivity contribution in [3.63, 3.8) is 0 Å². The first-order valence-corrected chi connectivity index (χ1v) is 8.98. The van der Waals surface area contributed by atoms with E-state index in [0.717, 1.165) is 55.9 Å². The van der Waals surface area contributed by atoms with E-state index in [-0.39, 0.29) is 24.2 Å².